The van der Waals surface area contributed by atoms with E-state index in [2.05, 4.69) is 41.3 Å². The summed E-state index contributed by atoms with van der Waals surface area (Å²) in [7, 11) is -1.79. The summed E-state index contributed by atoms with van der Waals surface area (Å²) >= 11 is 5.83. The Balaban J connectivity index is 2.70. The van der Waals surface area contributed by atoms with E-state index in [1.807, 2.05) is 0 Å². The van der Waals surface area contributed by atoms with Gasteiger partial charge in [0.1, 0.15) is 0 Å². The van der Waals surface area contributed by atoms with Gasteiger partial charge in [-0.3, -0.25) is 4.79 Å². The second-order valence-electron chi connectivity index (χ2n) is 4.52. The second-order valence-corrected chi connectivity index (χ2v) is 7.84. The van der Waals surface area contributed by atoms with Gasteiger partial charge in [-0.25, -0.2) is 0 Å². The summed E-state index contributed by atoms with van der Waals surface area (Å²) in [5.41, 5.74) is 0.613. The quantitative estimate of drug-likeness (QED) is 0.525. The van der Waals surface area contributed by atoms with Crippen molar-refractivity contribution in [3.8, 4) is 0 Å². The highest BCUT2D eigenvalue weighted by molar-refractivity contribution is 7.70. The maximum Gasteiger partial charge on any atom is 0.254 e. The Kier molecular flexibility index (Phi) is 8.15. The van der Waals surface area contributed by atoms with Gasteiger partial charge in [-0.15, -0.1) is 0 Å². The van der Waals surface area contributed by atoms with Crippen LogP contribution in [0.15, 0.2) is 24.3 Å². The summed E-state index contributed by atoms with van der Waals surface area (Å²) in [4.78, 5) is 12.2. The Morgan fingerprint density at radius 2 is 1.48 bits per heavy atom. The number of nitrogens with one attached hydrogen (secondary N) is 4. The lowest BCUT2D eigenvalue weighted by Gasteiger charge is -2.27. The molecule has 1 aromatic rings. The largest absolute Gasteiger partial charge is 0.316 e. The van der Waals surface area contributed by atoms with Gasteiger partial charge in [0, 0.05) is 30.2 Å². The third-order valence-electron chi connectivity index (χ3n) is 2.87. The highest BCUT2D eigenvalue weighted by atomic mass is 35.5. The van der Waals surface area contributed by atoms with Crippen LogP contribution in [-0.4, -0.2) is 31.8 Å². The number of carbonyl (C=O) groups excluding carboxylic acids is 1. The van der Waals surface area contributed by atoms with E-state index < -0.39 is 7.71 Å². The molecule has 21 heavy (non-hydrogen) atoms. The molecule has 4 N–H and O–H groups in total. The standard InChI is InChI=1S/C14H24ClN4OP/c1-4-17-21(18-5-2,19-6-3)11-16-14(20)12-7-9-13(15)10-8-12/h7-10,17-19H,4-6,11H2,1-3H3/p+1. The molecule has 0 saturated heterocycles. The number of benzene rings is 1. The van der Waals surface area contributed by atoms with Crippen LogP contribution in [0.2, 0.25) is 5.02 Å². The SMILES string of the molecule is CCN[P+](CNC(=O)c1ccc(Cl)cc1)(NCC)NCC. The highest BCUT2D eigenvalue weighted by Gasteiger charge is 2.36. The average molecular weight is 332 g/mol. The molecular weight excluding hydrogens is 307 g/mol. The lowest BCUT2D eigenvalue weighted by Crippen LogP contribution is -2.44. The summed E-state index contributed by atoms with van der Waals surface area (Å²) in [5, 5.41) is 14.0. The summed E-state index contributed by atoms with van der Waals surface area (Å²) in [6.45, 7) is 8.69. The van der Waals surface area contributed by atoms with Crippen LogP contribution in [0.4, 0.5) is 0 Å². The molecule has 0 radical (unpaired) electrons. The smallest absolute Gasteiger partial charge is 0.254 e. The van der Waals surface area contributed by atoms with E-state index in [9.17, 15) is 4.79 Å². The van der Waals surface area contributed by atoms with E-state index in [-0.39, 0.29) is 5.91 Å². The number of hydrogen-bond donors (Lipinski definition) is 4. The van der Waals surface area contributed by atoms with Gasteiger partial charge in [-0.1, -0.05) is 11.6 Å². The van der Waals surface area contributed by atoms with Crippen LogP contribution in [0.1, 0.15) is 31.1 Å². The van der Waals surface area contributed by atoms with E-state index in [0.717, 1.165) is 19.6 Å². The predicted octanol–water partition coefficient (Wildman–Crippen LogP) is 2.62. The van der Waals surface area contributed by atoms with Crippen LogP contribution >= 0.6 is 19.3 Å². The topological polar surface area (TPSA) is 65.2 Å². The summed E-state index contributed by atoms with van der Waals surface area (Å²) < 4.78 is 0. The normalized spacial score (nSPS) is 11.4. The minimum atomic E-state index is -1.79. The van der Waals surface area contributed by atoms with Crippen molar-refractivity contribution in [2.24, 2.45) is 0 Å². The molecule has 0 fully saturated rings. The molecule has 0 unspecified atom stereocenters. The third-order valence-corrected chi connectivity index (χ3v) is 6.32. The van der Waals surface area contributed by atoms with Crippen molar-refractivity contribution < 1.29 is 4.79 Å². The molecule has 0 bridgehead atoms. The van der Waals surface area contributed by atoms with Crippen molar-refractivity contribution in [2.45, 2.75) is 20.8 Å². The molecular formula is C14H25ClN4OP+. The number of hydrogen-bond acceptors (Lipinski definition) is 4. The fraction of sp³-hybridized carbons (Fsp3) is 0.500. The number of carbonyl (C=O) groups is 1. The summed E-state index contributed by atoms with van der Waals surface area (Å²) in [5.74, 6) is -0.0928. The molecule has 1 aromatic carbocycles. The van der Waals surface area contributed by atoms with Crippen molar-refractivity contribution >= 4 is 25.2 Å². The van der Waals surface area contributed by atoms with E-state index in [0.29, 0.717) is 16.9 Å². The third kappa shape index (κ3) is 5.89. The molecule has 0 spiro atoms. The van der Waals surface area contributed by atoms with Gasteiger partial charge in [-0.2, -0.15) is 15.3 Å². The van der Waals surface area contributed by atoms with Gasteiger partial charge in [0.25, 0.3) is 5.91 Å². The molecule has 0 aliphatic heterocycles. The first-order valence-electron chi connectivity index (χ1n) is 7.24. The minimum absolute atomic E-state index is 0.0928. The van der Waals surface area contributed by atoms with Crippen molar-refractivity contribution in [2.75, 3.05) is 25.9 Å². The Morgan fingerprint density at radius 1 is 1.00 bits per heavy atom. The van der Waals surface area contributed by atoms with Crippen LogP contribution in [0, 0.1) is 0 Å². The van der Waals surface area contributed by atoms with Crippen LogP contribution in [0.3, 0.4) is 0 Å². The van der Waals surface area contributed by atoms with Crippen molar-refractivity contribution in [1.29, 1.82) is 0 Å². The Labute approximate surface area is 132 Å². The van der Waals surface area contributed by atoms with E-state index in [4.69, 9.17) is 11.6 Å². The van der Waals surface area contributed by atoms with Crippen molar-refractivity contribution in [3.05, 3.63) is 34.9 Å². The van der Waals surface area contributed by atoms with E-state index >= 15 is 0 Å². The molecule has 0 aliphatic carbocycles. The average Bonchev–Trinajstić information content (AvgIpc) is 2.46. The van der Waals surface area contributed by atoms with Crippen LogP contribution in [0.25, 0.3) is 0 Å². The minimum Gasteiger partial charge on any atom is -0.316 e. The Bertz CT molecular complexity index is 424. The zero-order valence-corrected chi connectivity index (χ0v) is 14.5. The Hall–Kier alpha value is -0.710. The molecule has 1 rings (SSSR count). The van der Waals surface area contributed by atoms with Gasteiger partial charge in [0.05, 0.1) is 0 Å². The van der Waals surface area contributed by atoms with Crippen LogP contribution < -0.4 is 20.6 Å². The van der Waals surface area contributed by atoms with Crippen molar-refractivity contribution in [3.63, 3.8) is 0 Å². The fourth-order valence-corrected chi connectivity index (χ4v) is 4.84. The second kappa shape index (κ2) is 9.34. The number of amides is 1. The zero-order valence-electron chi connectivity index (χ0n) is 12.9. The fourth-order valence-electron chi connectivity index (χ4n) is 2.04. The first-order chi connectivity index (χ1) is 10.1. The Morgan fingerprint density at radius 3 is 1.90 bits per heavy atom. The van der Waals surface area contributed by atoms with Crippen LogP contribution in [-0.2, 0) is 0 Å². The first-order valence-corrected chi connectivity index (χ1v) is 9.59. The number of halogens is 1. The summed E-state index contributed by atoms with van der Waals surface area (Å²) in [6, 6.07) is 6.90. The summed E-state index contributed by atoms with van der Waals surface area (Å²) in [6.07, 6.45) is 0.546. The van der Waals surface area contributed by atoms with Gasteiger partial charge in [-0.05, 0) is 45.0 Å². The maximum absolute atomic E-state index is 12.2. The molecule has 0 aliphatic rings. The zero-order chi connectivity index (χ0) is 15.7. The lowest BCUT2D eigenvalue weighted by atomic mass is 10.2. The predicted molar refractivity (Wildman–Crippen MR) is 91.7 cm³/mol. The van der Waals surface area contributed by atoms with Crippen molar-refractivity contribution in [1.82, 2.24) is 20.6 Å². The van der Waals surface area contributed by atoms with E-state index in [1.165, 1.54) is 0 Å². The molecule has 0 atom stereocenters. The maximum atomic E-state index is 12.2. The molecule has 118 valence electrons. The number of rotatable bonds is 9. The van der Waals surface area contributed by atoms with Gasteiger partial charge >= 0.3 is 0 Å². The highest BCUT2D eigenvalue weighted by Crippen LogP contribution is 2.43. The van der Waals surface area contributed by atoms with Gasteiger partial charge < -0.3 is 5.32 Å². The van der Waals surface area contributed by atoms with E-state index in [1.54, 1.807) is 24.3 Å². The molecule has 0 aromatic heterocycles. The molecule has 7 heteroatoms. The monoisotopic (exact) mass is 331 g/mol. The van der Waals surface area contributed by atoms with Crippen LogP contribution in [0.5, 0.6) is 0 Å². The molecule has 5 nitrogen and oxygen atoms in total. The first kappa shape index (κ1) is 18.3. The molecule has 0 saturated carbocycles. The lowest BCUT2D eigenvalue weighted by molar-refractivity contribution is 0.0960. The van der Waals surface area contributed by atoms with Gasteiger partial charge in [0.2, 0.25) is 7.71 Å². The molecule has 1 amide bonds. The molecule has 0 heterocycles. The van der Waals surface area contributed by atoms with Gasteiger partial charge in [0.15, 0.2) is 6.29 Å².